The van der Waals surface area contributed by atoms with Crippen LogP contribution in [-0.2, 0) is 23.8 Å². The molecule has 1 amide bonds. The molecule has 3 rings (SSSR count). The molecular weight excluding hydrogens is 448 g/mol. The maximum Gasteiger partial charge on any atom is 0.410 e. The second kappa shape index (κ2) is 10.8. The smallest absolute Gasteiger partial charge is 0.410 e. The number of nitrogens with one attached hydrogen (secondary N) is 2. The molecule has 1 aromatic rings. The Morgan fingerprint density at radius 2 is 1.76 bits per heavy atom. The van der Waals surface area contributed by atoms with E-state index in [0.29, 0.717) is 37.4 Å². The van der Waals surface area contributed by atoms with Crippen LogP contribution in [0.3, 0.4) is 0 Å². The number of carbonyl (C=O) groups is 3. The van der Waals surface area contributed by atoms with Crippen LogP contribution in [-0.4, -0.2) is 74.9 Å². The van der Waals surface area contributed by atoms with Crippen LogP contribution in [0.15, 0.2) is 46.8 Å². The molecule has 1 atom stereocenters. The Kier molecular flexibility index (Phi) is 7.84. The quantitative estimate of drug-likeness (QED) is 0.266. The van der Waals surface area contributed by atoms with Crippen LogP contribution in [0.1, 0.15) is 18.4 Å². The maximum absolute atomic E-state index is 12.9. The van der Waals surface area contributed by atoms with E-state index in [1.807, 2.05) is 0 Å². The molecule has 1 fully saturated rings. The van der Waals surface area contributed by atoms with Crippen LogP contribution in [0.2, 0.25) is 0 Å². The second-order valence-electron chi connectivity index (χ2n) is 7.62. The number of piperazine rings is 1. The van der Waals surface area contributed by atoms with Gasteiger partial charge in [-0.05, 0) is 12.5 Å². The lowest BCUT2D eigenvalue weighted by atomic mass is 9.80. The van der Waals surface area contributed by atoms with Crippen molar-refractivity contribution < 1.29 is 33.5 Å². The number of nitro groups is 1. The van der Waals surface area contributed by atoms with Gasteiger partial charge in [-0.15, -0.1) is 0 Å². The SMILES string of the molecule is COC(=O)C1=C(C)NC(COC(=O)N2CCNCC2)=C(C(=O)OC)C1c1cccc([N+](=O)[O-])c1. The second-order valence-corrected chi connectivity index (χ2v) is 7.62. The van der Waals surface area contributed by atoms with Crippen molar-refractivity contribution in [3.05, 3.63) is 62.5 Å². The van der Waals surface area contributed by atoms with Crippen LogP contribution in [0.4, 0.5) is 10.5 Å². The van der Waals surface area contributed by atoms with E-state index < -0.39 is 28.9 Å². The molecule has 2 heterocycles. The van der Waals surface area contributed by atoms with Crippen molar-refractivity contribution in [1.29, 1.82) is 0 Å². The zero-order valence-corrected chi connectivity index (χ0v) is 19.1. The van der Waals surface area contributed by atoms with Crippen molar-refractivity contribution in [2.45, 2.75) is 12.8 Å². The van der Waals surface area contributed by atoms with Gasteiger partial charge in [-0.3, -0.25) is 10.1 Å². The normalized spacial score (nSPS) is 18.2. The van der Waals surface area contributed by atoms with E-state index in [1.165, 1.54) is 37.3 Å². The molecule has 2 aliphatic heterocycles. The van der Waals surface area contributed by atoms with Crippen molar-refractivity contribution >= 4 is 23.7 Å². The molecule has 12 heteroatoms. The van der Waals surface area contributed by atoms with E-state index in [-0.39, 0.29) is 29.1 Å². The predicted molar refractivity (Wildman–Crippen MR) is 119 cm³/mol. The fraction of sp³-hybridized carbons (Fsp3) is 0.409. The Morgan fingerprint density at radius 3 is 2.38 bits per heavy atom. The molecule has 2 aliphatic rings. The summed E-state index contributed by atoms with van der Waals surface area (Å²) in [6.45, 7) is 3.55. The number of hydrogen-bond donors (Lipinski definition) is 2. The first-order valence-corrected chi connectivity index (χ1v) is 10.5. The Hall–Kier alpha value is -3.93. The number of dihydropyridines is 1. The molecular formula is C22H26N4O8. The fourth-order valence-corrected chi connectivity index (χ4v) is 3.97. The highest BCUT2D eigenvalue weighted by atomic mass is 16.6. The number of non-ortho nitro benzene ring substituents is 1. The molecule has 182 valence electrons. The summed E-state index contributed by atoms with van der Waals surface area (Å²) in [5.74, 6) is -2.56. The van der Waals surface area contributed by atoms with Crippen molar-refractivity contribution in [3.8, 4) is 0 Å². The van der Waals surface area contributed by atoms with Gasteiger partial charge in [-0.1, -0.05) is 12.1 Å². The molecule has 12 nitrogen and oxygen atoms in total. The number of methoxy groups -OCH3 is 2. The first kappa shape index (κ1) is 24.7. The van der Waals surface area contributed by atoms with E-state index in [9.17, 15) is 24.5 Å². The minimum atomic E-state index is -1.05. The number of allylic oxidation sites excluding steroid dienone is 1. The number of carbonyl (C=O) groups excluding carboxylic acids is 3. The Bertz CT molecular complexity index is 1060. The highest BCUT2D eigenvalue weighted by molar-refractivity contribution is 6.00. The summed E-state index contributed by atoms with van der Waals surface area (Å²) in [6.07, 6.45) is -0.549. The van der Waals surface area contributed by atoms with Gasteiger partial charge in [0.15, 0.2) is 0 Å². The van der Waals surface area contributed by atoms with Crippen molar-refractivity contribution in [2.75, 3.05) is 47.0 Å². The van der Waals surface area contributed by atoms with E-state index in [0.717, 1.165) is 0 Å². The third kappa shape index (κ3) is 5.17. The number of hydrogen-bond acceptors (Lipinski definition) is 10. The van der Waals surface area contributed by atoms with Crippen LogP contribution in [0, 0.1) is 10.1 Å². The summed E-state index contributed by atoms with van der Waals surface area (Å²) in [5.41, 5.74) is 0.722. The van der Waals surface area contributed by atoms with Gasteiger partial charge in [0.2, 0.25) is 0 Å². The monoisotopic (exact) mass is 474 g/mol. The molecule has 0 spiro atoms. The summed E-state index contributed by atoms with van der Waals surface area (Å²) in [7, 11) is 2.37. The highest BCUT2D eigenvalue weighted by Gasteiger charge is 2.39. The fourth-order valence-electron chi connectivity index (χ4n) is 3.97. The lowest BCUT2D eigenvalue weighted by Crippen LogP contribution is -2.47. The molecule has 0 radical (unpaired) electrons. The Labute approximate surface area is 195 Å². The minimum Gasteiger partial charge on any atom is -0.466 e. The third-order valence-electron chi connectivity index (χ3n) is 5.59. The molecule has 1 saturated heterocycles. The van der Waals surface area contributed by atoms with Crippen molar-refractivity contribution in [2.24, 2.45) is 0 Å². The van der Waals surface area contributed by atoms with E-state index >= 15 is 0 Å². The largest absolute Gasteiger partial charge is 0.466 e. The first-order chi connectivity index (χ1) is 16.3. The molecule has 1 unspecified atom stereocenters. The maximum atomic E-state index is 12.9. The van der Waals surface area contributed by atoms with Gasteiger partial charge in [-0.2, -0.15) is 0 Å². The first-order valence-electron chi connectivity index (χ1n) is 10.5. The van der Waals surface area contributed by atoms with Crippen molar-refractivity contribution in [3.63, 3.8) is 0 Å². The van der Waals surface area contributed by atoms with E-state index in [1.54, 1.807) is 13.0 Å². The van der Waals surface area contributed by atoms with Gasteiger partial charge in [0, 0.05) is 44.0 Å². The van der Waals surface area contributed by atoms with Crippen LogP contribution in [0.25, 0.3) is 0 Å². The summed E-state index contributed by atoms with van der Waals surface area (Å²) in [6, 6.07) is 5.60. The number of rotatable bonds is 6. The van der Waals surface area contributed by atoms with Gasteiger partial charge in [0.1, 0.15) is 6.61 Å². The topological polar surface area (TPSA) is 149 Å². The summed E-state index contributed by atoms with van der Waals surface area (Å²) >= 11 is 0. The summed E-state index contributed by atoms with van der Waals surface area (Å²) in [5, 5.41) is 17.5. The molecule has 0 aromatic heterocycles. The standard InChI is InChI=1S/C22H26N4O8/c1-13-17(20(27)32-2)18(14-5-4-6-15(11-14)26(30)31)19(21(28)33-3)16(24-13)12-34-22(29)25-9-7-23-8-10-25/h4-6,11,18,23-24H,7-10,12H2,1-3H3. The zero-order chi connectivity index (χ0) is 24.8. The lowest BCUT2D eigenvalue weighted by Gasteiger charge is -2.31. The molecule has 0 bridgehead atoms. The van der Waals surface area contributed by atoms with Crippen LogP contribution < -0.4 is 10.6 Å². The molecule has 1 aromatic carbocycles. The predicted octanol–water partition coefficient (Wildman–Crippen LogP) is 1.20. The third-order valence-corrected chi connectivity index (χ3v) is 5.59. The van der Waals surface area contributed by atoms with Gasteiger partial charge in [0.05, 0.1) is 41.9 Å². The average Bonchev–Trinajstić information content (AvgIpc) is 2.86. The van der Waals surface area contributed by atoms with Gasteiger partial charge < -0.3 is 29.7 Å². The summed E-state index contributed by atoms with van der Waals surface area (Å²) in [4.78, 5) is 50.4. The number of nitro benzene ring substituents is 1. The number of nitrogens with zero attached hydrogens (tertiary/aromatic N) is 2. The number of ether oxygens (including phenoxy) is 3. The molecule has 0 aliphatic carbocycles. The highest BCUT2D eigenvalue weighted by Crippen LogP contribution is 2.40. The average molecular weight is 474 g/mol. The summed E-state index contributed by atoms with van der Waals surface area (Å²) < 4.78 is 15.3. The van der Waals surface area contributed by atoms with Crippen LogP contribution in [0.5, 0.6) is 0 Å². The lowest BCUT2D eigenvalue weighted by molar-refractivity contribution is -0.384. The van der Waals surface area contributed by atoms with Gasteiger partial charge in [-0.25, -0.2) is 14.4 Å². The number of amides is 1. The Balaban J connectivity index is 2.06. The zero-order valence-electron chi connectivity index (χ0n) is 19.1. The molecule has 34 heavy (non-hydrogen) atoms. The van der Waals surface area contributed by atoms with E-state index in [2.05, 4.69) is 10.6 Å². The number of esters is 2. The molecule has 2 N–H and O–H groups in total. The van der Waals surface area contributed by atoms with Gasteiger partial charge in [0.25, 0.3) is 5.69 Å². The Morgan fingerprint density at radius 1 is 1.12 bits per heavy atom. The minimum absolute atomic E-state index is 0.0119. The van der Waals surface area contributed by atoms with E-state index in [4.69, 9.17) is 14.2 Å². The molecule has 0 saturated carbocycles. The van der Waals surface area contributed by atoms with Gasteiger partial charge >= 0.3 is 18.0 Å². The van der Waals surface area contributed by atoms with Crippen molar-refractivity contribution in [1.82, 2.24) is 15.5 Å². The van der Waals surface area contributed by atoms with Crippen LogP contribution >= 0.6 is 0 Å². The number of benzene rings is 1.